The SMILES string of the molecule is CC(C)(C)OC(=O)N1CCN(C(N)=NCC2(O)CCC2)CC1.I. The number of piperazine rings is 1. The van der Waals surface area contributed by atoms with Gasteiger partial charge in [-0.1, -0.05) is 0 Å². The van der Waals surface area contributed by atoms with Crippen molar-refractivity contribution in [3.63, 3.8) is 0 Å². The van der Waals surface area contributed by atoms with Gasteiger partial charge in [-0.05, 0) is 40.0 Å². The maximum absolute atomic E-state index is 12.0. The molecule has 1 heterocycles. The zero-order chi connectivity index (χ0) is 16.4. The third-order valence-corrected chi connectivity index (χ3v) is 4.07. The lowest BCUT2D eigenvalue weighted by atomic mass is 9.80. The molecule has 3 N–H and O–H groups in total. The number of carbonyl (C=O) groups excluding carboxylic acids is 1. The Labute approximate surface area is 155 Å². The van der Waals surface area contributed by atoms with Crippen LogP contribution >= 0.6 is 24.0 Å². The number of nitrogens with zero attached hydrogens (tertiary/aromatic N) is 3. The maximum atomic E-state index is 12.0. The van der Waals surface area contributed by atoms with E-state index in [1.807, 2.05) is 25.7 Å². The molecule has 2 rings (SSSR count). The van der Waals surface area contributed by atoms with Gasteiger partial charge in [-0.15, -0.1) is 24.0 Å². The lowest BCUT2D eigenvalue weighted by molar-refractivity contribution is -0.0237. The molecule has 0 unspecified atom stereocenters. The highest BCUT2D eigenvalue weighted by atomic mass is 127. The largest absolute Gasteiger partial charge is 0.444 e. The van der Waals surface area contributed by atoms with E-state index in [0.29, 0.717) is 38.7 Å². The first-order valence-electron chi connectivity index (χ1n) is 7.94. The van der Waals surface area contributed by atoms with Crippen molar-refractivity contribution in [3.8, 4) is 0 Å². The fourth-order valence-electron chi connectivity index (χ4n) is 2.52. The highest BCUT2D eigenvalue weighted by molar-refractivity contribution is 14.0. The van der Waals surface area contributed by atoms with E-state index in [-0.39, 0.29) is 30.1 Å². The second-order valence-corrected chi connectivity index (χ2v) is 7.21. The predicted molar refractivity (Wildman–Crippen MR) is 100 cm³/mol. The smallest absolute Gasteiger partial charge is 0.410 e. The fourth-order valence-corrected chi connectivity index (χ4v) is 2.52. The van der Waals surface area contributed by atoms with Crippen molar-refractivity contribution < 1.29 is 14.6 Å². The summed E-state index contributed by atoms with van der Waals surface area (Å²) in [5.74, 6) is 0.448. The van der Waals surface area contributed by atoms with Crippen molar-refractivity contribution >= 4 is 36.0 Å². The number of aliphatic hydroxyl groups is 1. The van der Waals surface area contributed by atoms with E-state index in [4.69, 9.17) is 10.5 Å². The van der Waals surface area contributed by atoms with Crippen LogP contribution in [0.2, 0.25) is 0 Å². The Kier molecular flexibility index (Phi) is 6.94. The second kappa shape index (κ2) is 7.87. The molecule has 0 aromatic rings. The number of nitrogens with two attached hydrogens (primary N) is 1. The topological polar surface area (TPSA) is 91.4 Å². The van der Waals surface area contributed by atoms with Gasteiger partial charge in [-0.25, -0.2) is 4.79 Å². The van der Waals surface area contributed by atoms with Gasteiger partial charge in [0.05, 0.1) is 12.1 Å². The molecule has 23 heavy (non-hydrogen) atoms. The Bertz CT molecular complexity index is 438. The minimum Gasteiger partial charge on any atom is -0.444 e. The van der Waals surface area contributed by atoms with E-state index in [9.17, 15) is 9.90 Å². The first kappa shape index (κ1) is 20.3. The summed E-state index contributed by atoms with van der Waals surface area (Å²) in [6.45, 7) is 8.33. The van der Waals surface area contributed by atoms with Crippen molar-refractivity contribution in [3.05, 3.63) is 0 Å². The van der Waals surface area contributed by atoms with Crippen LogP contribution in [0, 0.1) is 0 Å². The van der Waals surface area contributed by atoms with Crippen LogP contribution in [0.15, 0.2) is 4.99 Å². The first-order valence-corrected chi connectivity index (χ1v) is 7.94. The van der Waals surface area contributed by atoms with Crippen LogP contribution in [-0.2, 0) is 4.74 Å². The van der Waals surface area contributed by atoms with Crippen LogP contribution in [0.1, 0.15) is 40.0 Å². The highest BCUT2D eigenvalue weighted by Crippen LogP contribution is 2.31. The molecule has 0 spiro atoms. The summed E-state index contributed by atoms with van der Waals surface area (Å²) in [6.07, 6.45) is 2.37. The van der Waals surface area contributed by atoms with Crippen molar-refractivity contribution in [1.82, 2.24) is 9.80 Å². The van der Waals surface area contributed by atoms with E-state index < -0.39 is 11.2 Å². The van der Waals surface area contributed by atoms with Gasteiger partial charge >= 0.3 is 6.09 Å². The average molecular weight is 440 g/mol. The lowest BCUT2D eigenvalue weighted by Crippen LogP contribution is -2.53. The standard InChI is InChI=1S/C15H28N4O3.HI/c1-14(2,3)22-13(20)19-9-7-18(8-10-19)12(16)17-11-15(21)5-4-6-15;/h21H,4-11H2,1-3H3,(H2,16,17);1H. The zero-order valence-electron chi connectivity index (χ0n) is 14.2. The van der Waals surface area contributed by atoms with Gasteiger partial charge in [0.15, 0.2) is 5.96 Å². The number of rotatable bonds is 2. The molecule has 0 aromatic carbocycles. The molecular weight excluding hydrogens is 411 g/mol. The van der Waals surface area contributed by atoms with Crippen LogP contribution in [0.25, 0.3) is 0 Å². The molecule has 0 radical (unpaired) electrons. The lowest BCUT2D eigenvalue weighted by Gasteiger charge is -2.37. The normalized spacial score (nSPS) is 21.3. The van der Waals surface area contributed by atoms with E-state index in [0.717, 1.165) is 19.3 Å². The molecular formula is C15H29IN4O3. The molecule has 1 aliphatic carbocycles. The average Bonchev–Trinajstić information content (AvgIpc) is 2.41. The van der Waals surface area contributed by atoms with E-state index >= 15 is 0 Å². The van der Waals surface area contributed by atoms with Crippen LogP contribution in [0.4, 0.5) is 4.79 Å². The number of amides is 1. The number of carbonyl (C=O) groups is 1. The maximum Gasteiger partial charge on any atom is 0.410 e. The number of hydrogen-bond donors (Lipinski definition) is 2. The van der Waals surface area contributed by atoms with Crippen LogP contribution in [0.5, 0.6) is 0 Å². The molecule has 0 bridgehead atoms. The Morgan fingerprint density at radius 3 is 2.17 bits per heavy atom. The fraction of sp³-hybridized carbons (Fsp3) is 0.867. The summed E-state index contributed by atoms with van der Waals surface area (Å²) in [5, 5.41) is 10.0. The van der Waals surface area contributed by atoms with E-state index in [1.165, 1.54) is 0 Å². The highest BCUT2D eigenvalue weighted by Gasteiger charge is 2.34. The second-order valence-electron chi connectivity index (χ2n) is 7.21. The molecule has 8 heteroatoms. The predicted octanol–water partition coefficient (Wildman–Crippen LogP) is 1.39. The summed E-state index contributed by atoms with van der Waals surface area (Å²) < 4.78 is 5.36. The number of hydrogen-bond acceptors (Lipinski definition) is 4. The molecule has 2 fully saturated rings. The minimum atomic E-state index is -0.650. The van der Waals surface area contributed by atoms with E-state index in [2.05, 4.69) is 4.99 Å². The molecule has 1 aliphatic heterocycles. The van der Waals surface area contributed by atoms with Gasteiger partial charge in [-0.2, -0.15) is 0 Å². The molecule has 7 nitrogen and oxygen atoms in total. The number of halogens is 1. The van der Waals surface area contributed by atoms with Crippen LogP contribution in [0.3, 0.4) is 0 Å². The summed E-state index contributed by atoms with van der Waals surface area (Å²) in [4.78, 5) is 19.9. The molecule has 134 valence electrons. The Balaban J connectivity index is 0.00000264. The van der Waals surface area contributed by atoms with Gasteiger partial charge in [0.2, 0.25) is 0 Å². The Morgan fingerprint density at radius 2 is 1.74 bits per heavy atom. The number of guanidine groups is 1. The molecule has 1 saturated heterocycles. The zero-order valence-corrected chi connectivity index (χ0v) is 16.6. The van der Waals surface area contributed by atoms with Gasteiger partial charge in [0, 0.05) is 26.2 Å². The third kappa shape index (κ3) is 5.98. The molecule has 1 amide bonds. The Hall–Kier alpha value is -0.770. The quantitative estimate of drug-likeness (QED) is 0.385. The number of aliphatic imine (C=N–C) groups is 1. The molecule has 2 aliphatic rings. The van der Waals surface area contributed by atoms with Gasteiger partial charge in [0.25, 0.3) is 0 Å². The van der Waals surface area contributed by atoms with Crippen molar-refractivity contribution in [2.24, 2.45) is 10.7 Å². The van der Waals surface area contributed by atoms with Gasteiger partial charge in [0.1, 0.15) is 5.60 Å². The summed E-state index contributed by atoms with van der Waals surface area (Å²) in [7, 11) is 0. The van der Waals surface area contributed by atoms with Gasteiger partial charge < -0.3 is 25.4 Å². The third-order valence-electron chi connectivity index (χ3n) is 4.07. The van der Waals surface area contributed by atoms with Gasteiger partial charge in [-0.3, -0.25) is 4.99 Å². The van der Waals surface area contributed by atoms with E-state index in [1.54, 1.807) is 4.90 Å². The van der Waals surface area contributed by atoms with Crippen molar-refractivity contribution in [1.29, 1.82) is 0 Å². The van der Waals surface area contributed by atoms with Crippen molar-refractivity contribution in [2.45, 2.75) is 51.2 Å². The monoisotopic (exact) mass is 440 g/mol. The van der Waals surface area contributed by atoms with Crippen LogP contribution < -0.4 is 5.73 Å². The molecule has 0 aromatic heterocycles. The minimum absolute atomic E-state index is 0. The summed E-state index contributed by atoms with van der Waals surface area (Å²) in [5.41, 5.74) is 4.86. The molecule has 1 saturated carbocycles. The number of ether oxygens (including phenoxy) is 1. The Morgan fingerprint density at radius 1 is 1.22 bits per heavy atom. The summed E-state index contributed by atoms with van der Waals surface area (Å²) >= 11 is 0. The molecule has 0 atom stereocenters. The van der Waals surface area contributed by atoms with Crippen LogP contribution in [-0.4, -0.2) is 70.9 Å². The van der Waals surface area contributed by atoms with Crippen molar-refractivity contribution in [2.75, 3.05) is 32.7 Å². The first-order chi connectivity index (χ1) is 10.2. The summed E-state index contributed by atoms with van der Waals surface area (Å²) in [6, 6.07) is 0.